The van der Waals surface area contributed by atoms with Crippen LogP contribution in [0.5, 0.6) is 0 Å². The van der Waals surface area contributed by atoms with Gasteiger partial charge in [0.05, 0.1) is 24.0 Å². The number of carbonyl (C=O) groups is 1. The molecular weight excluding hydrogens is 414 g/mol. The van der Waals surface area contributed by atoms with Crippen LogP contribution in [0.4, 0.5) is 10.6 Å². The smallest absolute Gasteiger partial charge is 0.320 e. The van der Waals surface area contributed by atoms with Crippen molar-refractivity contribution < 1.29 is 4.79 Å². The molecule has 2 N–H and O–H groups in total. The topological polar surface area (TPSA) is 89.7 Å². The molecule has 0 saturated heterocycles. The average Bonchev–Trinajstić information content (AvgIpc) is 3.42. The van der Waals surface area contributed by atoms with Crippen LogP contribution in [0.3, 0.4) is 0 Å². The van der Waals surface area contributed by atoms with E-state index < -0.39 is 0 Å². The number of urea groups is 1. The molecule has 1 unspecified atom stereocenters. The van der Waals surface area contributed by atoms with E-state index in [2.05, 4.69) is 41.5 Å². The molecule has 4 rings (SSSR count). The normalized spacial score (nSPS) is 12.4. The quantitative estimate of drug-likeness (QED) is 0.455. The van der Waals surface area contributed by atoms with Gasteiger partial charge in [-0.05, 0) is 24.6 Å². The third-order valence-corrected chi connectivity index (χ3v) is 5.41. The van der Waals surface area contributed by atoms with E-state index in [1.165, 1.54) is 6.33 Å². The Bertz CT molecular complexity index is 1190. The summed E-state index contributed by atoms with van der Waals surface area (Å²) in [4.78, 5) is 17.2. The molecule has 2 amide bonds. The number of carbonyl (C=O) groups excluding carboxylic acids is 1. The van der Waals surface area contributed by atoms with Crippen molar-refractivity contribution in [1.82, 2.24) is 29.9 Å². The zero-order valence-corrected chi connectivity index (χ0v) is 19.4. The van der Waals surface area contributed by atoms with Crippen LogP contribution in [-0.4, -0.2) is 30.6 Å². The minimum atomic E-state index is -0.315. The highest BCUT2D eigenvalue weighted by Crippen LogP contribution is 2.31. The number of para-hydroxylation sites is 1. The Balaban J connectivity index is 1.63. The fraction of sp³-hybridized carbons (Fsp3) is 0.280. The lowest BCUT2D eigenvalue weighted by Gasteiger charge is -2.20. The van der Waals surface area contributed by atoms with Crippen molar-refractivity contribution >= 4 is 11.8 Å². The van der Waals surface area contributed by atoms with Crippen LogP contribution >= 0.6 is 0 Å². The largest absolute Gasteiger partial charge is 0.329 e. The van der Waals surface area contributed by atoms with Crippen molar-refractivity contribution in [2.24, 2.45) is 0 Å². The van der Waals surface area contributed by atoms with E-state index in [0.717, 1.165) is 22.5 Å². The molecular formula is C25H29N7O. The van der Waals surface area contributed by atoms with Gasteiger partial charge < -0.3 is 5.32 Å². The third-order valence-electron chi connectivity index (χ3n) is 5.41. The lowest BCUT2D eigenvalue weighted by Crippen LogP contribution is -2.35. The first-order valence-electron chi connectivity index (χ1n) is 10.9. The van der Waals surface area contributed by atoms with Crippen LogP contribution in [0.15, 0.2) is 73.3 Å². The molecule has 0 fully saturated rings. The second-order valence-electron chi connectivity index (χ2n) is 9.00. The van der Waals surface area contributed by atoms with Gasteiger partial charge in [-0.3, -0.25) is 10.00 Å². The minimum absolute atomic E-state index is 0.170. The molecule has 2 heterocycles. The van der Waals surface area contributed by atoms with Gasteiger partial charge >= 0.3 is 6.03 Å². The Morgan fingerprint density at radius 3 is 2.30 bits per heavy atom. The summed E-state index contributed by atoms with van der Waals surface area (Å²) >= 11 is 0. The highest BCUT2D eigenvalue weighted by Gasteiger charge is 2.26. The molecule has 0 aliphatic carbocycles. The molecule has 2 aromatic carbocycles. The molecule has 0 aliphatic heterocycles. The Morgan fingerprint density at radius 1 is 1.03 bits per heavy atom. The van der Waals surface area contributed by atoms with E-state index in [9.17, 15) is 4.79 Å². The van der Waals surface area contributed by atoms with Crippen LogP contribution in [0, 0.1) is 6.92 Å². The van der Waals surface area contributed by atoms with Gasteiger partial charge in [-0.1, -0.05) is 69.3 Å². The highest BCUT2D eigenvalue weighted by molar-refractivity contribution is 5.90. The van der Waals surface area contributed by atoms with Crippen molar-refractivity contribution in [2.75, 3.05) is 5.32 Å². The number of benzene rings is 2. The second kappa shape index (κ2) is 9.28. The van der Waals surface area contributed by atoms with Gasteiger partial charge in [0.2, 0.25) is 0 Å². The third kappa shape index (κ3) is 5.11. The van der Waals surface area contributed by atoms with Crippen LogP contribution in [0.2, 0.25) is 0 Å². The molecule has 8 heteroatoms. The number of hydrogen-bond acceptors (Lipinski definition) is 4. The highest BCUT2D eigenvalue weighted by atomic mass is 16.2. The molecule has 0 saturated carbocycles. The van der Waals surface area contributed by atoms with E-state index in [4.69, 9.17) is 5.10 Å². The standard InChI is InChI=1S/C25H29N7O/c1-18-22(25(2,3)4)30-32(20-13-9-6-10-14-20)23(18)29-24(33)28-21(15-31-17-26-16-27-31)19-11-7-5-8-12-19/h5-14,16-17,21H,15H2,1-4H3,(H2,28,29,33). The van der Waals surface area contributed by atoms with Crippen LogP contribution < -0.4 is 10.6 Å². The molecule has 2 aromatic heterocycles. The number of nitrogens with one attached hydrogen (secondary N) is 2. The molecule has 0 radical (unpaired) electrons. The zero-order valence-electron chi connectivity index (χ0n) is 19.4. The van der Waals surface area contributed by atoms with E-state index in [1.807, 2.05) is 67.6 Å². The molecule has 4 aromatic rings. The fourth-order valence-electron chi connectivity index (χ4n) is 3.85. The van der Waals surface area contributed by atoms with Crippen LogP contribution in [-0.2, 0) is 12.0 Å². The summed E-state index contributed by atoms with van der Waals surface area (Å²) in [6.07, 6.45) is 3.12. The number of nitrogens with zero attached hydrogens (tertiary/aromatic N) is 5. The number of aromatic nitrogens is 5. The van der Waals surface area contributed by atoms with E-state index >= 15 is 0 Å². The number of rotatable bonds is 6. The maximum absolute atomic E-state index is 13.2. The molecule has 170 valence electrons. The summed E-state index contributed by atoms with van der Waals surface area (Å²) < 4.78 is 3.50. The van der Waals surface area contributed by atoms with E-state index in [1.54, 1.807) is 15.7 Å². The summed E-state index contributed by atoms with van der Waals surface area (Å²) in [6.45, 7) is 8.80. The van der Waals surface area contributed by atoms with E-state index in [-0.39, 0.29) is 17.5 Å². The SMILES string of the molecule is Cc1c(C(C)(C)C)nn(-c2ccccc2)c1NC(=O)NC(Cn1cncn1)c1ccccc1. The van der Waals surface area contributed by atoms with Gasteiger partial charge in [0.25, 0.3) is 0 Å². The van der Waals surface area contributed by atoms with Gasteiger partial charge in [0, 0.05) is 11.0 Å². The maximum Gasteiger partial charge on any atom is 0.320 e. The summed E-state index contributed by atoms with van der Waals surface area (Å²) in [5, 5.41) is 15.2. The summed E-state index contributed by atoms with van der Waals surface area (Å²) in [7, 11) is 0. The Labute approximate surface area is 193 Å². The van der Waals surface area contributed by atoms with Gasteiger partial charge in [-0.15, -0.1) is 0 Å². The molecule has 1 atom stereocenters. The number of hydrogen-bond donors (Lipinski definition) is 2. The minimum Gasteiger partial charge on any atom is -0.329 e. The van der Waals surface area contributed by atoms with Crippen LogP contribution in [0.25, 0.3) is 5.69 Å². The maximum atomic E-state index is 13.2. The van der Waals surface area contributed by atoms with Crippen molar-refractivity contribution in [2.45, 2.75) is 45.7 Å². The fourth-order valence-corrected chi connectivity index (χ4v) is 3.85. The summed E-state index contributed by atoms with van der Waals surface area (Å²) in [5.74, 6) is 0.649. The van der Waals surface area contributed by atoms with Crippen molar-refractivity contribution in [3.05, 3.63) is 90.1 Å². The number of anilines is 1. The predicted octanol–water partition coefficient (Wildman–Crippen LogP) is 4.63. The average molecular weight is 444 g/mol. The van der Waals surface area contributed by atoms with Gasteiger partial charge in [0.1, 0.15) is 18.5 Å². The summed E-state index contributed by atoms with van der Waals surface area (Å²) in [5.41, 5.74) is 3.56. The van der Waals surface area contributed by atoms with Crippen molar-refractivity contribution in [3.8, 4) is 5.69 Å². The molecule has 8 nitrogen and oxygen atoms in total. The molecule has 0 aliphatic rings. The summed E-state index contributed by atoms with van der Waals surface area (Å²) in [6, 6.07) is 19.0. The number of amides is 2. The predicted molar refractivity (Wildman–Crippen MR) is 128 cm³/mol. The molecule has 0 spiro atoms. The van der Waals surface area contributed by atoms with Crippen molar-refractivity contribution in [3.63, 3.8) is 0 Å². The second-order valence-corrected chi connectivity index (χ2v) is 9.00. The first-order chi connectivity index (χ1) is 15.8. The van der Waals surface area contributed by atoms with Gasteiger partial charge in [-0.25, -0.2) is 14.5 Å². The Kier molecular flexibility index (Phi) is 6.26. The Hall–Kier alpha value is -3.94. The van der Waals surface area contributed by atoms with Crippen LogP contribution in [0.1, 0.15) is 43.6 Å². The molecule has 0 bridgehead atoms. The lowest BCUT2D eigenvalue weighted by molar-refractivity contribution is 0.246. The van der Waals surface area contributed by atoms with Gasteiger partial charge in [-0.2, -0.15) is 10.2 Å². The van der Waals surface area contributed by atoms with E-state index in [0.29, 0.717) is 12.4 Å². The van der Waals surface area contributed by atoms with Crippen molar-refractivity contribution in [1.29, 1.82) is 0 Å². The lowest BCUT2D eigenvalue weighted by atomic mass is 9.90. The first kappa shape index (κ1) is 22.3. The molecule has 33 heavy (non-hydrogen) atoms. The first-order valence-corrected chi connectivity index (χ1v) is 10.9. The monoisotopic (exact) mass is 443 g/mol. The Morgan fingerprint density at radius 2 is 1.70 bits per heavy atom. The van der Waals surface area contributed by atoms with Gasteiger partial charge in [0.15, 0.2) is 0 Å². The zero-order chi connectivity index (χ0) is 23.4.